The lowest BCUT2D eigenvalue weighted by atomic mass is 9.95. The lowest BCUT2D eigenvalue weighted by Gasteiger charge is -2.34. The number of fused-ring (bicyclic) bond motifs is 1. The highest BCUT2D eigenvalue weighted by molar-refractivity contribution is 9.10. The van der Waals surface area contributed by atoms with Crippen molar-refractivity contribution in [2.45, 2.75) is 25.4 Å². The Kier molecular flexibility index (Phi) is 5.54. The molecule has 0 saturated heterocycles. The van der Waals surface area contributed by atoms with Gasteiger partial charge in [0.2, 0.25) is 0 Å². The lowest BCUT2D eigenvalue weighted by molar-refractivity contribution is -0.146. The molecule has 0 bridgehead atoms. The van der Waals surface area contributed by atoms with E-state index in [-0.39, 0.29) is 18.5 Å². The number of hydrogen-bond donors (Lipinski definition) is 0. The predicted molar refractivity (Wildman–Crippen MR) is 91.8 cm³/mol. The number of carbonyl (C=O) groups is 2. The van der Waals surface area contributed by atoms with Crippen molar-refractivity contribution >= 4 is 27.8 Å². The van der Waals surface area contributed by atoms with Gasteiger partial charge in [0.1, 0.15) is 11.9 Å². The summed E-state index contributed by atoms with van der Waals surface area (Å²) in [6, 6.07) is 1.61. The van der Waals surface area contributed by atoms with Crippen LogP contribution in [0.15, 0.2) is 29.0 Å². The summed E-state index contributed by atoms with van der Waals surface area (Å²) in [5, 5.41) is 3.52. The minimum Gasteiger partial charge on any atom is -0.467 e. The summed E-state index contributed by atoms with van der Waals surface area (Å²) in [7, 11) is 1.16. The van der Waals surface area contributed by atoms with Gasteiger partial charge >= 0.3 is 12.5 Å². The van der Waals surface area contributed by atoms with Gasteiger partial charge in [0.15, 0.2) is 0 Å². The summed E-state index contributed by atoms with van der Waals surface area (Å²) < 4.78 is 45.5. The van der Waals surface area contributed by atoms with Crippen molar-refractivity contribution in [2.24, 2.45) is 0 Å². The maximum Gasteiger partial charge on any atom is 0.333 e. The van der Waals surface area contributed by atoms with E-state index in [1.807, 2.05) is 0 Å². The average molecular weight is 446 g/mol. The molecule has 2 aromatic rings. The van der Waals surface area contributed by atoms with Crippen LogP contribution < -0.4 is 0 Å². The van der Waals surface area contributed by atoms with Gasteiger partial charge in [-0.3, -0.25) is 4.79 Å². The fourth-order valence-electron chi connectivity index (χ4n) is 3.11. The summed E-state index contributed by atoms with van der Waals surface area (Å²) in [6.45, 7) is -2.65. The predicted octanol–water partition coefficient (Wildman–Crippen LogP) is 2.96. The van der Waals surface area contributed by atoms with E-state index < -0.39 is 30.3 Å². The van der Waals surface area contributed by atoms with E-state index >= 15 is 0 Å². The van der Waals surface area contributed by atoms with Gasteiger partial charge in [-0.25, -0.2) is 13.9 Å². The summed E-state index contributed by atoms with van der Waals surface area (Å²) in [6.07, 6.45) is 2.56. The molecule has 27 heavy (non-hydrogen) atoms. The highest BCUT2D eigenvalue weighted by Gasteiger charge is 2.37. The number of nitrogens with zero attached hydrogens (tertiary/aromatic N) is 3. The van der Waals surface area contributed by atoms with Gasteiger partial charge in [-0.1, -0.05) is 15.9 Å². The van der Waals surface area contributed by atoms with Gasteiger partial charge in [-0.15, -0.1) is 0 Å². The van der Waals surface area contributed by atoms with Crippen LogP contribution in [-0.4, -0.2) is 46.3 Å². The Bertz CT molecular complexity index is 888. The quantitative estimate of drug-likeness (QED) is 0.663. The maximum absolute atomic E-state index is 14.3. The molecule has 6 nitrogen and oxygen atoms in total. The maximum atomic E-state index is 14.3. The number of benzene rings is 1. The second kappa shape index (κ2) is 7.71. The Labute approximate surface area is 161 Å². The van der Waals surface area contributed by atoms with Crippen molar-refractivity contribution in [1.82, 2.24) is 14.7 Å². The zero-order valence-corrected chi connectivity index (χ0v) is 15.7. The van der Waals surface area contributed by atoms with Crippen LogP contribution in [0.1, 0.15) is 28.0 Å². The third kappa shape index (κ3) is 3.71. The molecule has 0 radical (unpaired) electrons. The summed E-state index contributed by atoms with van der Waals surface area (Å²) in [5.74, 6) is -2.05. The third-order valence-corrected chi connectivity index (χ3v) is 5.16. The molecule has 1 aliphatic rings. The first-order valence-corrected chi connectivity index (χ1v) is 8.79. The van der Waals surface area contributed by atoms with Crippen LogP contribution in [0.25, 0.3) is 0 Å². The van der Waals surface area contributed by atoms with Crippen LogP contribution in [0.2, 0.25) is 0 Å². The van der Waals surface area contributed by atoms with E-state index in [1.54, 1.807) is 0 Å². The highest BCUT2D eigenvalue weighted by Crippen LogP contribution is 2.30. The molecule has 0 saturated carbocycles. The van der Waals surface area contributed by atoms with Crippen LogP contribution in [-0.2, 0) is 22.4 Å². The molecule has 3 rings (SSSR count). The molecule has 1 aliphatic heterocycles. The zero-order valence-electron chi connectivity index (χ0n) is 14.2. The second-order valence-corrected chi connectivity index (χ2v) is 6.83. The molecule has 1 atom stereocenters. The lowest BCUT2D eigenvalue weighted by Crippen LogP contribution is -2.50. The standard InChI is InChI=1S/C17H15BrF3N3O3/c1-27-16(26)13(6-9-7-22-24(8-9)17(20)21)23-5-4-10-11(18)2-3-12(19)14(10)15(23)25/h2-3,7-8,13,17H,4-6H2,1H3/t13-/m1/s1. The number of ether oxygens (including phenoxy) is 1. The Balaban J connectivity index is 1.92. The molecule has 0 aliphatic carbocycles. The Hall–Kier alpha value is -2.36. The smallest absolute Gasteiger partial charge is 0.333 e. The summed E-state index contributed by atoms with van der Waals surface area (Å²) >= 11 is 3.30. The number of amides is 1. The minimum absolute atomic E-state index is 0.0733. The summed E-state index contributed by atoms with van der Waals surface area (Å²) in [4.78, 5) is 26.4. The molecule has 1 aromatic carbocycles. The molecule has 2 heterocycles. The molecular formula is C17H15BrF3N3O3. The second-order valence-electron chi connectivity index (χ2n) is 5.98. The highest BCUT2D eigenvalue weighted by atomic mass is 79.9. The average Bonchev–Trinajstić information content (AvgIpc) is 3.11. The van der Waals surface area contributed by atoms with Crippen molar-refractivity contribution in [2.75, 3.05) is 13.7 Å². The SMILES string of the molecule is COC(=O)[C@@H](Cc1cnn(C(F)F)c1)N1CCc2c(Br)ccc(F)c2C1=O. The fourth-order valence-corrected chi connectivity index (χ4v) is 3.64. The van der Waals surface area contributed by atoms with Crippen molar-refractivity contribution in [3.8, 4) is 0 Å². The number of rotatable bonds is 5. The molecule has 10 heteroatoms. The van der Waals surface area contributed by atoms with Gasteiger partial charge in [0.05, 0.1) is 18.9 Å². The normalized spacial score (nSPS) is 15.0. The van der Waals surface area contributed by atoms with Crippen LogP contribution >= 0.6 is 15.9 Å². The molecule has 0 N–H and O–H groups in total. The Morgan fingerprint density at radius 2 is 2.15 bits per heavy atom. The Morgan fingerprint density at radius 1 is 1.41 bits per heavy atom. The molecular weight excluding hydrogens is 431 g/mol. The first-order valence-electron chi connectivity index (χ1n) is 8.00. The molecule has 0 fully saturated rings. The van der Waals surface area contributed by atoms with E-state index in [1.165, 1.54) is 23.2 Å². The number of carbonyl (C=O) groups excluding carboxylic acids is 2. The van der Waals surface area contributed by atoms with Crippen LogP contribution in [0.5, 0.6) is 0 Å². The first-order chi connectivity index (χ1) is 12.8. The van der Waals surface area contributed by atoms with Crippen molar-refractivity contribution in [3.05, 3.63) is 51.5 Å². The third-order valence-electron chi connectivity index (χ3n) is 4.42. The van der Waals surface area contributed by atoms with Crippen LogP contribution in [0.3, 0.4) is 0 Å². The zero-order chi connectivity index (χ0) is 19.7. The van der Waals surface area contributed by atoms with Crippen molar-refractivity contribution < 1.29 is 27.5 Å². The molecule has 1 aromatic heterocycles. The molecule has 0 spiro atoms. The minimum atomic E-state index is -2.81. The van der Waals surface area contributed by atoms with Crippen LogP contribution in [0, 0.1) is 5.82 Å². The molecule has 144 valence electrons. The van der Waals surface area contributed by atoms with Gasteiger partial charge in [0.25, 0.3) is 5.91 Å². The van der Waals surface area contributed by atoms with Gasteiger partial charge < -0.3 is 9.64 Å². The monoisotopic (exact) mass is 445 g/mol. The topological polar surface area (TPSA) is 64.4 Å². The number of esters is 1. The van der Waals surface area contributed by atoms with E-state index in [0.29, 0.717) is 26.7 Å². The number of aromatic nitrogens is 2. The Morgan fingerprint density at radius 3 is 2.78 bits per heavy atom. The molecule has 0 unspecified atom stereocenters. The van der Waals surface area contributed by atoms with E-state index in [0.717, 1.165) is 13.3 Å². The van der Waals surface area contributed by atoms with Crippen molar-refractivity contribution in [3.63, 3.8) is 0 Å². The van der Waals surface area contributed by atoms with Gasteiger partial charge in [-0.2, -0.15) is 13.9 Å². The van der Waals surface area contributed by atoms with Gasteiger partial charge in [0, 0.05) is 23.6 Å². The van der Waals surface area contributed by atoms with Crippen molar-refractivity contribution in [1.29, 1.82) is 0 Å². The fraction of sp³-hybridized carbons (Fsp3) is 0.353. The largest absolute Gasteiger partial charge is 0.467 e. The first kappa shape index (κ1) is 19.4. The van der Waals surface area contributed by atoms with Crippen LogP contribution in [0.4, 0.5) is 13.2 Å². The van der Waals surface area contributed by atoms with E-state index in [9.17, 15) is 22.8 Å². The van der Waals surface area contributed by atoms with E-state index in [4.69, 9.17) is 4.74 Å². The number of alkyl halides is 2. The number of halogens is 4. The molecule has 1 amide bonds. The number of hydrogen-bond acceptors (Lipinski definition) is 4. The number of methoxy groups -OCH3 is 1. The van der Waals surface area contributed by atoms with Gasteiger partial charge in [-0.05, 0) is 29.7 Å². The summed E-state index contributed by atoms with van der Waals surface area (Å²) in [5.41, 5.74) is 0.761. The van der Waals surface area contributed by atoms with E-state index in [2.05, 4.69) is 21.0 Å².